The molecule has 18 nitrogen and oxygen atoms in total. The van der Waals surface area contributed by atoms with Crippen molar-refractivity contribution in [1.29, 1.82) is 0 Å². The van der Waals surface area contributed by atoms with Crippen LogP contribution in [0.4, 0.5) is 0 Å². The van der Waals surface area contributed by atoms with E-state index in [0.29, 0.717) is 32.3 Å². The summed E-state index contributed by atoms with van der Waals surface area (Å²) in [6.07, 6.45) is 0. The Labute approximate surface area is 370 Å². The Bertz CT molecular complexity index is 2690. The third-order valence-corrected chi connectivity index (χ3v) is 9.85. The summed E-state index contributed by atoms with van der Waals surface area (Å²) in [5.41, 5.74) is 0. The topological polar surface area (TPSA) is 279 Å². The molecule has 0 amide bonds. The lowest BCUT2D eigenvalue weighted by atomic mass is 10.00. The van der Waals surface area contributed by atoms with E-state index >= 15 is 0 Å². The maximum Gasteiger partial charge on any atom is 0.341 e. The number of carboxylic acids is 6. The van der Waals surface area contributed by atoms with E-state index in [4.69, 9.17) is 28.4 Å². The fourth-order valence-corrected chi connectivity index (χ4v) is 7.11. The van der Waals surface area contributed by atoms with Gasteiger partial charge in [0.15, 0.2) is 39.6 Å². The molecule has 0 aromatic heterocycles. The number of rotatable bonds is 18. The summed E-state index contributed by atoms with van der Waals surface area (Å²) in [4.78, 5) is 70.7. The van der Waals surface area contributed by atoms with Crippen molar-refractivity contribution < 1.29 is 87.8 Å². The quantitative estimate of drug-likeness (QED) is 0.0502. The Kier molecular flexibility index (Phi) is 13.3. The highest BCUT2D eigenvalue weighted by atomic mass is 16.5. The second-order valence-electron chi connectivity index (χ2n) is 14.4. The van der Waals surface area contributed by atoms with Crippen LogP contribution in [0.25, 0.3) is 64.6 Å². The van der Waals surface area contributed by atoms with Crippen LogP contribution < -0.4 is 28.4 Å². The Morgan fingerprint density at radius 2 is 0.394 bits per heavy atom. The van der Waals surface area contributed by atoms with Crippen LogP contribution in [0, 0.1) is 0 Å². The normalized spacial score (nSPS) is 10.9. The minimum atomic E-state index is -1.29. The van der Waals surface area contributed by atoms with E-state index in [0.717, 1.165) is 0 Å². The lowest BCUT2D eigenvalue weighted by molar-refractivity contribution is -0.140. The minimum absolute atomic E-state index is 0.0571. The van der Waals surface area contributed by atoms with Crippen molar-refractivity contribution >= 4 is 100 Å². The maximum atomic E-state index is 11.8. The Hall–Kier alpha value is -9.06. The van der Waals surface area contributed by atoms with Gasteiger partial charge in [0, 0.05) is 32.3 Å². The van der Waals surface area contributed by atoms with Crippen LogP contribution in [0.15, 0.2) is 109 Å². The molecule has 0 unspecified atom stereocenters. The second kappa shape index (κ2) is 19.5. The molecule has 0 saturated heterocycles. The Morgan fingerprint density at radius 1 is 0.258 bits per heavy atom. The number of hydrogen-bond acceptors (Lipinski definition) is 12. The molecule has 7 aromatic carbocycles. The number of benzene rings is 6. The van der Waals surface area contributed by atoms with Gasteiger partial charge in [0.2, 0.25) is 0 Å². The molecule has 0 atom stereocenters. The molecule has 0 aliphatic heterocycles. The third-order valence-electron chi connectivity index (χ3n) is 9.85. The van der Waals surface area contributed by atoms with Crippen LogP contribution in [-0.2, 0) is 28.8 Å². The van der Waals surface area contributed by atoms with E-state index in [9.17, 15) is 59.4 Å². The Balaban J connectivity index is 1.75. The summed E-state index contributed by atoms with van der Waals surface area (Å²) in [5, 5.41) is 62.0. The van der Waals surface area contributed by atoms with Crippen LogP contribution in [0.1, 0.15) is 0 Å². The molecule has 0 aliphatic carbocycles. The van der Waals surface area contributed by atoms with Crippen molar-refractivity contribution in [2.45, 2.75) is 0 Å². The Morgan fingerprint density at radius 3 is 0.515 bits per heavy atom. The van der Waals surface area contributed by atoms with Gasteiger partial charge in [-0.25, -0.2) is 28.8 Å². The van der Waals surface area contributed by atoms with Crippen LogP contribution in [0.2, 0.25) is 0 Å². The molecule has 66 heavy (non-hydrogen) atoms. The number of fused-ring (bicyclic) bond motifs is 18. The van der Waals surface area contributed by atoms with Gasteiger partial charge < -0.3 is 59.1 Å². The molecule has 336 valence electrons. The van der Waals surface area contributed by atoms with Crippen LogP contribution in [-0.4, -0.2) is 106 Å². The first-order chi connectivity index (χ1) is 31.6. The number of aliphatic carboxylic acids is 6. The van der Waals surface area contributed by atoms with Gasteiger partial charge in [-0.1, -0.05) is 36.4 Å². The summed E-state index contributed by atoms with van der Waals surface area (Å²) in [7, 11) is 0. The summed E-state index contributed by atoms with van der Waals surface area (Å²) in [6.45, 7) is -4.59. The second-order valence-corrected chi connectivity index (χ2v) is 14.4. The van der Waals surface area contributed by atoms with E-state index in [1.165, 1.54) is 36.4 Å². The van der Waals surface area contributed by atoms with Gasteiger partial charge in [0.25, 0.3) is 0 Å². The van der Waals surface area contributed by atoms with Gasteiger partial charge in [0.1, 0.15) is 34.5 Å². The molecule has 0 spiro atoms. The summed E-state index contributed by atoms with van der Waals surface area (Å²) < 4.78 is 34.6. The van der Waals surface area contributed by atoms with Gasteiger partial charge in [-0.05, 0) is 105 Å². The lowest BCUT2D eigenvalue weighted by Crippen LogP contribution is -2.10. The molecule has 0 heterocycles. The van der Waals surface area contributed by atoms with Crippen molar-refractivity contribution in [3.8, 4) is 34.5 Å². The van der Waals surface area contributed by atoms with E-state index in [-0.39, 0.29) is 66.8 Å². The molecule has 0 radical (unpaired) electrons. The lowest BCUT2D eigenvalue weighted by Gasteiger charge is -2.14. The molecule has 6 N–H and O–H groups in total. The predicted octanol–water partition coefficient (Wildman–Crippen LogP) is 7.07. The van der Waals surface area contributed by atoms with Gasteiger partial charge >= 0.3 is 35.8 Å². The van der Waals surface area contributed by atoms with E-state index in [2.05, 4.69) is 0 Å². The van der Waals surface area contributed by atoms with Crippen molar-refractivity contribution in [2.75, 3.05) is 39.6 Å². The number of ether oxygens (including phenoxy) is 6. The third kappa shape index (κ3) is 10.6. The summed E-state index contributed by atoms with van der Waals surface area (Å²) >= 11 is 0. The zero-order valence-corrected chi connectivity index (χ0v) is 34.2. The van der Waals surface area contributed by atoms with E-state index in [1.54, 1.807) is 72.8 Å². The minimum Gasteiger partial charge on any atom is -0.481 e. The summed E-state index contributed by atoms with van der Waals surface area (Å²) in [6, 6.07) is 28.7. The number of carboxylic acid groups (broad SMARTS) is 6. The van der Waals surface area contributed by atoms with Crippen LogP contribution in [0.5, 0.6) is 34.5 Å². The average Bonchev–Trinajstić information content (AvgIpc) is 3.29. The highest BCUT2D eigenvalue weighted by molar-refractivity contribution is 6.07. The SMILES string of the molecule is O=C(O)COc1ccc2cc1c1cc(ccc1OCC(=O)O)c1ccc(OCC(=O)O)c(c1)c1cc(ccc1OCC(=O)O)c1ccc(OCC(=O)O)c(c1)c1cc2ccc1OCC(=O)O. The first-order valence-electron chi connectivity index (χ1n) is 19.6. The molecule has 0 saturated carbocycles. The zero-order valence-electron chi connectivity index (χ0n) is 34.2. The predicted molar refractivity (Wildman–Crippen MR) is 237 cm³/mol. The van der Waals surface area contributed by atoms with E-state index in [1.807, 2.05) is 0 Å². The molecule has 0 fully saturated rings. The standard InChI is InChI=1S/C48H36O18/c49-43(50)19-61-37-7-1-25-13-31(37)33-15-27(3-9-39(33)63-21-45(53)54)29-5-11-41(65-23-47(57)58)35(17-29)36-18-30(6-12-42(36)66-24-48(59)60)28-4-10-40(64-22-46(55)56)34(16-28)32-14-26(25)2-8-38(32)62-20-44(51)52/h1-18H,19-24H2,(H,49,50)(H,51,52)(H,53,54)(H,55,56)(H,57,58)(H,59,60). The number of hydrogen-bond donors (Lipinski definition) is 6. The van der Waals surface area contributed by atoms with Gasteiger partial charge in [-0.3, -0.25) is 0 Å². The maximum absolute atomic E-state index is 11.8. The first-order valence-corrected chi connectivity index (χ1v) is 19.6. The number of carbonyl (C=O) groups is 6. The first kappa shape index (κ1) is 45.0. The fourth-order valence-electron chi connectivity index (χ4n) is 7.11. The molecule has 7 aromatic rings. The van der Waals surface area contributed by atoms with Crippen LogP contribution in [0.3, 0.4) is 0 Å². The van der Waals surface area contributed by atoms with Crippen molar-refractivity contribution in [3.63, 3.8) is 0 Å². The van der Waals surface area contributed by atoms with Gasteiger partial charge in [-0.2, -0.15) is 0 Å². The molecule has 18 heteroatoms. The largest absolute Gasteiger partial charge is 0.481 e. The molecule has 0 aliphatic rings. The molecule has 7 rings (SSSR count). The monoisotopic (exact) mass is 900 g/mol. The van der Waals surface area contributed by atoms with Gasteiger partial charge in [-0.15, -0.1) is 0 Å². The fraction of sp³-hybridized carbons (Fsp3) is 0.125. The van der Waals surface area contributed by atoms with Gasteiger partial charge in [0.05, 0.1) is 0 Å². The van der Waals surface area contributed by atoms with E-state index < -0.39 is 75.5 Å². The molecular weight excluding hydrogens is 865 g/mol. The summed E-state index contributed by atoms with van der Waals surface area (Å²) in [5.74, 6) is -7.40. The highest BCUT2D eigenvalue weighted by Gasteiger charge is 2.16. The van der Waals surface area contributed by atoms with Crippen molar-refractivity contribution in [1.82, 2.24) is 0 Å². The zero-order chi connectivity index (χ0) is 47.1. The molecule has 12 bridgehead atoms. The highest BCUT2D eigenvalue weighted by Crippen LogP contribution is 2.40. The smallest absolute Gasteiger partial charge is 0.341 e. The van der Waals surface area contributed by atoms with Crippen LogP contribution >= 0.6 is 0 Å². The average molecular weight is 901 g/mol. The van der Waals surface area contributed by atoms with Crippen molar-refractivity contribution in [3.05, 3.63) is 109 Å². The van der Waals surface area contributed by atoms with Crippen molar-refractivity contribution in [2.24, 2.45) is 0 Å². The molecular formula is C48H36O18.